The summed E-state index contributed by atoms with van der Waals surface area (Å²) in [6.45, 7) is 3.66. The van der Waals surface area contributed by atoms with Gasteiger partial charge in [-0.25, -0.2) is 0 Å². The van der Waals surface area contributed by atoms with E-state index in [9.17, 15) is 14.7 Å². The molecule has 2 N–H and O–H groups in total. The Labute approximate surface area is 118 Å². The van der Waals surface area contributed by atoms with Crippen LogP contribution < -0.4 is 5.32 Å². The van der Waals surface area contributed by atoms with E-state index in [0.29, 0.717) is 24.0 Å². The van der Waals surface area contributed by atoms with Gasteiger partial charge in [0.2, 0.25) is 0 Å². The van der Waals surface area contributed by atoms with Crippen LogP contribution in [0, 0.1) is 16.7 Å². The van der Waals surface area contributed by atoms with Crippen molar-refractivity contribution in [1.29, 1.82) is 5.26 Å². The number of carboxylic acids is 1. The molecule has 0 bridgehead atoms. The molecular formula is C15H18N2O3. The summed E-state index contributed by atoms with van der Waals surface area (Å²) >= 11 is 0. The highest BCUT2D eigenvalue weighted by Gasteiger charge is 2.35. The maximum atomic E-state index is 12.0. The van der Waals surface area contributed by atoms with Gasteiger partial charge in [-0.2, -0.15) is 5.26 Å². The zero-order valence-corrected chi connectivity index (χ0v) is 11.6. The smallest absolute Gasteiger partial charge is 0.311 e. The minimum Gasteiger partial charge on any atom is -0.481 e. The molecule has 0 aliphatic heterocycles. The normalized spacial score (nSPS) is 10.7. The Morgan fingerprint density at radius 3 is 2.50 bits per heavy atom. The van der Waals surface area contributed by atoms with Crippen molar-refractivity contribution in [1.82, 2.24) is 5.32 Å². The fourth-order valence-electron chi connectivity index (χ4n) is 1.96. The zero-order valence-electron chi connectivity index (χ0n) is 11.6. The first kappa shape index (κ1) is 15.7. The summed E-state index contributed by atoms with van der Waals surface area (Å²) in [5.41, 5.74) is -0.189. The van der Waals surface area contributed by atoms with Crippen molar-refractivity contribution in [2.75, 3.05) is 6.54 Å². The van der Waals surface area contributed by atoms with E-state index in [0.717, 1.165) is 0 Å². The second-order valence-corrected chi connectivity index (χ2v) is 4.67. The lowest BCUT2D eigenvalue weighted by Gasteiger charge is -2.26. The molecule has 0 heterocycles. The third-order valence-corrected chi connectivity index (χ3v) is 3.65. The summed E-state index contributed by atoms with van der Waals surface area (Å²) in [7, 11) is 0. The van der Waals surface area contributed by atoms with Crippen molar-refractivity contribution in [2.45, 2.75) is 26.7 Å². The molecule has 1 aromatic carbocycles. The van der Waals surface area contributed by atoms with Gasteiger partial charge in [0, 0.05) is 12.1 Å². The van der Waals surface area contributed by atoms with Crippen LogP contribution >= 0.6 is 0 Å². The Morgan fingerprint density at radius 2 is 2.00 bits per heavy atom. The van der Waals surface area contributed by atoms with Crippen LogP contribution in [0.3, 0.4) is 0 Å². The van der Waals surface area contributed by atoms with Gasteiger partial charge in [-0.05, 0) is 31.0 Å². The molecule has 5 nitrogen and oxygen atoms in total. The Kier molecular flexibility index (Phi) is 5.27. The number of carbonyl (C=O) groups is 2. The summed E-state index contributed by atoms with van der Waals surface area (Å²) in [5, 5.41) is 20.7. The minimum atomic E-state index is -0.942. The van der Waals surface area contributed by atoms with E-state index in [1.54, 1.807) is 32.0 Å². The number of aliphatic carboxylic acids is 1. The highest BCUT2D eigenvalue weighted by atomic mass is 16.4. The maximum absolute atomic E-state index is 12.0. The second kappa shape index (κ2) is 6.71. The van der Waals surface area contributed by atoms with Crippen LogP contribution in [-0.2, 0) is 4.79 Å². The van der Waals surface area contributed by atoms with E-state index in [-0.39, 0.29) is 12.5 Å². The number of amides is 1. The number of nitriles is 1. The zero-order chi connectivity index (χ0) is 15.2. The molecule has 1 aromatic rings. The molecule has 0 aliphatic carbocycles. The fourth-order valence-corrected chi connectivity index (χ4v) is 1.96. The molecule has 0 radical (unpaired) electrons. The average Bonchev–Trinajstić information content (AvgIpc) is 2.48. The predicted octanol–water partition coefficient (Wildman–Crippen LogP) is 2.18. The van der Waals surface area contributed by atoms with Gasteiger partial charge in [0.15, 0.2) is 0 Å². The number of carboxylic acid groups (broad SMARTS) is 1. The summed E-state index contributed by atoms with van der Waals surface area (Å²) < 4.78 is 0. The third-order valence-electron chi connectivity index (χ3n) is 3.65. The molecular weight excluding hydrogens is 256 g/mol. The van der Waals surface area contributed by atoms with Crippen LogP contribution in [0.1, 0.15) is 42.6 Å². The van der Waals surface area contributed by atoms with Gasteiger partial charge in [0.05, 0.1) is 17.0 Å². The molecule has 0 saturated carbocycles. The van der Waals surface area contributed by atoms with Gasteiger partial charge in [0.25, 0.3) is 5.91 Å². The molecule has 20 heavy (non-hydrogen) atoms. The average molecular weight is 274 g/mol. The van der Waals surface area contributed by atoms with Crippen LogP contribution in [0.25, 0.3) is 0 Å². The van der Waals surface area contributed by atoms with Crippen LogP contribution in [0.5, 0.6) is 0 Å². The molecule has 0 atom stereocenters. The van der Waals surface area contributed by atoms with Gasteiger partial charge < -0.3 is 10.4 Å². The molecule has 1 rings (SSSR count). The molecule has 0 fully saturated rings. The van der Waals surface area contributed by atoms with Crippen LogP contribution in [0.15, 0.2) is 24.3 Å². The summed E-state index contributed by atoms with van der Waals surface area (Å²) in [6.07, 6.45) is 0.884. The monoisotopic (exact) mass is 274 g/mol. The fraction of sp³-hybridized carbons (Fsp3) is 0.400. The van der Waals surface area contributed by atoms with Gasteiger partial charge in [0.1, 0.15) is 0 Å². The molecule has 1 amide bonds. The summed E-state index contributed by atoms with van der Waals surface area (Å²) in [5.74, 6) is -1.27. The van der Waals surface area contributed by atoms with E-state index in [1.807, 2.05) is 6.07 Å². The number of nitrogens with zero attached hydrogens (tertiary/aromatic N) is 1. The van der Waals surface area contributed by atoms with Crippen molar-refractivity contribution >= 4 is 11.9 Å². The highest BCUT2D eigenvalue weighted by molar-refractivity contribution is 5.94. The maximum Gasteiger partial charge on any atom is 0.311 e. The topological polar surface area (TPSA) is 90.2 Å². The van der Waals surface area contributed by atoms with E-state index in [2.05, 4.69) is 5.32 Å². The number of rotatable bonds is 6. The number of hydrogen-bond acceptors (Lipinski definition) is 3. The Balaban J connectivity index is 2.81. The number of nitrogens with one attached hydrogen (secondary N) is 1. The molecule has 0 aromatic heterocycles. The first-order chi connectivity index (χ1) is 9.49. The SMILES string of the molecule is CCC(CC)(CNC(=O)c1cccc(C#N)c1)C(=O)O. The quantitative estimate of drug-likeness (QED) is 0.831. The van der Waals surface area contributed by atoms with Gasteiger partial charge in [-0.15, -0.1) is 0 Å². The largest absolute Gasteiger partial charge is 0.481 e. The van der Waals surface area contributed by atoms with Crippen LogP contribution in [-0.4, -0.2) is 23.5 Å². The van der Waals surface area contributed by atoms with E-state index >= 15 is 0 Å². The molecule has 0 aliphatic rings. The Morgan fingerprint density at radius 1 is 1.35 bits per heavy atom. The third kappa shape index (κ3) is 3.35. The number of carbonyl (C=O) groups excluding carboxylic acids is 1. The molecule has 106 valence electrons. The lowest BCUT2D eigenvalue weighted by atomic mass is 9.82. The lowest BCUT2D eigenvalue weighted by molar-refractivity contribution is -0.149. The van der Waals surface area contributed by atoms with Gasteiger partial charge in [-0.1, -0.05) is 19.9 Å². The van der Waals surface area contributed by atoms with Crippen molar-refractivity contribution in [3.8, 4) is 6.07 Å². The Hall–Kier alpha value is -2.35. The number of hydrogen-bond donors (Lipinski definition) is 2. The summed E-state index contributed by atoms with van der Waals surface area (Å²) in [4.78, 5) is 23.3. The van der Waals surface area contributed by atoms with E-state index < -0.39 is 11.4 Å². The van der Waals surface area contributed by atoms with Crippen molar-refractivity contribution in [2.24, 2.45) is 5.41 Å². The van der Waals surface area contributed by atoms with E-state index in [1.165, 1.54) is 6.07 Å². The van der Waals surface area contributed by atoms with Crippen molar-refractivity contribution in [3.63, 3.8) is 0 Å². The molecule has 0 spiro atoms. The molecule has 5 heteroatoms. The molecule has 0 saturated heterocycles. The second-order valence-electron chi connectivity index (χ2n) is 4.67. The highest BCUT2D eigenvalue weighted by Crippen LogP contribution is 2.25. The standard InChI is InChI=1S/C15H18N2O3/c1-3-15(4-2,14(19)20)10-17-13(18)12-7-5-6-11(8-12)9-16/h5-8H,3-4,10H2,1-2H3,(H,17,18)(H,19,20). The molecule has 0 unspecified atom stereocenters. The predicted molar refractivity (Wildman–Crippen MR) is 74.1 cm³/mol. The minimum absolute atomic E-state index is 0.0744. The van der Waals surface area contributed by atoms with Crippen molar-refractivity contribution < 1.29 is 14.7 Å². The van der Waals surface area contributed by atoms with E-state index in [4.69, 9.17) is 5.26 Å². The Bertz CT molecular complexity index is 542. The summed E-state index contributed by atoms with van der Waals surface area (Å²) in [6, 6.07) is 8.27. The van der Waals surface area contributed by atoms with Crippen LogP contribution in [0.2, 0.25) is 0 Å². The van der Waals surface area contributed by atoms with Gasteiger partial charge in [-0.3, -0.25) is 9.59 Å². The first-order valence-corrected chi connectivity index (χ1v) is 6.51. The van der Waals surface area contributed by atoms with Gasteiger partial charge >= 0.3 is 5.97 Å². The lowest BCUT2D eigenvalue weighted by Crippen LogP contribution is -2.42. The number of benzene rings is 1. The van der Waals surface area contributed by atoms with Crippen molar-refractivity contribution in [3.05, 3.63) is 35.4 Å². The first-order valence-electron chi connectivity index (χ1n) is 6.51. The van der Waals surface area contributed by atoms with Crippen LogP contribution in [0.4, 0.5) is 0 Å².